The smallest absolute Gasteiger partial charge is 0.308 e. The van der Waals surface area contributed by atoms with Gasteiger partial charge in [-0.3, -0.25) is 4.79 Å². The van der Waals surface area contributed by atoms with Gasteiger partial charge < -0.3 is 9.47 Å². The van der Waals surface area contributed by atoms with Crippen LogP contribution in [-0.2, 0) is 4.79 Å². The summed E-state index contributed by atoms with van der Waals surface area (Å²) in [6.07, 6.45) is 1.72. The normalized spacial score (nSPS) is 9.94. The van der Waals surface area contributed by atoms with Gasteiger partial charge in [0.2, 0.25) is 0 Å². The van der Waals surface area contributed by atoms with Crippen molar-refractivity contribution in [1.82, 2.24) is 0 Å². The highest BCUT2D eigenvalue weighted by Crippen LogP contribution is 2.38. The average molecular weight is 234 g/mol. The number of methoxy groups -OCH3 is 1. The predicted molar refractivity (Wildman–Crippen MR) is 68.6 cm³/mol. The second kappa shape index (κ2) is 5.04. The molecule has 0 aliphatic carbocycles. The Labute approximate surface area is 102 Å². The first kappa shape index (κ1) is 13.3. The van der Waals surface area contributed by atoms with Crippen molar-refractivity contribution in [3.05, 3.63) is 28.8 Å². The van der Waals surface area contributed by atoms with Crippen LogP contribution in [0.5, 0.6) is 11.5 Å². The fraction of sp³-hybridized carbons (Fsp3) is 0.357. The van der Waals surface area contributed by atoms with Crippen molar-refractivity contribution >= 4 is 12.0 Å². The lowest BCUT2D eigenvalue weighted by Crippen LogP contribution is -2.07. The van der Waals surface area contributed by atoms with Gasteiger partial charge in [-0.15, -0.1) is 0 Å². The molecule has 3 heteroatoms. The van der Waals surface area contributed by atoms with E-state index in [2.05, 4.69) is 6.58 Å². The lowest BCUT2D eigenvalue weighted by atomic mass is 9.97. The van der Waals surface area contributed by atoms with Crippen LogP contribution in [-0.4, -0.2) is 13.1 Å². The number of benzene rings is 1. The van der Waals surface area contributed by atoms with Crippen molar-refractivity contribution in [2.45, 2.75) is 27.7 Å². The maximum absolute atomic E-state index is 11.1. The Balaban J connectivity index is 3.58. The van der Waals surface area contributed by atoms with Gasteiger partial charge in [-0.25, -0.2) is 0 Å². The molecule has 0 aliphatic rings. The van der Waals surface area contributed by atoms with Crippen LogP contribution in [0.15, 0.2) is 6.58 Å². The Hall–Kier alpha value is -1.77. The summed E-state index contributed by atoms with van der Waals surface area (Å²) in [6, 6.07) is 0. The molecule has 0 atom stereocenters. The van der Waals surface area contributed by atoms with Gasteiger partial charge in [-0.2, -0.15) is 0 Å². The Kier molecular flexibility index (Phi) is 3.94. The summed E-state index contributed by atoms with van der Waals surface area (Å²) in [5.74, 6) is 1.06. The third-order valence-corrected chi connectivity index (χ3v) is 2.89. The number of carbonyl (C=O) groups is 1. The minimum Gasteiger partial charge on any atom is -0.496 e. The maximum atomic E-state index is 11.1. The molecule has 0 N–H and O–H groups in total. The molecule has 0 saturated heterocycles. The van der Waals surface area contributed by atoms with Crippen molar-refractivity contribution in [2.24, 2.45) is 0 Å². The zero-order chi connectivity index (χ0) is 13.2. The molecule has 0 unspecified atom stereocenters. The minimum absolute atomic E-state index is 0.323. The quantitative estimate of drug-likeness (QED) is 0.595. The molecule has 0 amide bonds. The van der Waals surface area contributed by atoms with Gasteiger partial charge in [0.1, 0.15) is 11.5 Å². The third kappa shape index (κ3) is 2.33. The molecular weight excluding hydrogens is 216 g/mol. The molecule has 0 spiro atoms. The van der Waals surface area contributed by atoms with Gasteiger partial charge in [0.05, 0.1) is 7.11 Å². The first-order valence-electron chi connectivity index (χ1n) is 5.42. The first-order valence-corrected chi connectivity index (χ1v) is 5.42. The van der Waals surface area contributed by atoms with Crippen LogP contribution in [0.25, 0.3) is 6.08 Å². The van der Waals surface area contributed by atoms with Crippen LogP contribution < -0.4 is 9.47 Å². The van der Waals surface area contributed by atoms with Gasteiger partial charge in [0.15, 0.2) is 0 Å². The molecule has 0 saturated carbocycles. The molecule has 0 fully saturated rings. The average Bonchev–Trinajstić information content (AvgIpc) is 2.28. The zero-order valence-corrected chi connectivity index (χ0v) is 11.0. The molecule has 0 aliphatic heterocycles. The predicted octanol–water partition coefficient (Wildman–Crippen LogP) is 3.19. The van der Waals surface area contributed by atoms with E-state index in [1.54, 1.807) is 13.2 Å². The van der Waals surface area contributed by atoms with Gasteiger partial charge >= 0.3 is 5.97 Å². The molecule has 1 aromatic rings. The monoisotopic (exact) mass is 234 g/mol. The van der Waals surface area contributed by atoms with Crippen molar-refractivity contribution in [2.75, 3.05) is 7.11 Å². The molecule has 1 rings (SSSR count). The van der Waals surface area contributed by atoms with E-state index in [0.29, 0.717) is 5.75 Å². The first-order chi connectivity index (χ1) is 7.93. The summed E-state index contributed by atoms with van der Waals surface area (Å²) >= 11 is 0. The molecule has 0 heterocycles. The zero-order valence-electron chi connectivity index (χ0n) is 11.0. The summed E-state index contributed by atoms with van der Waals surface area (Å²) < 4.78 is 10.6. The molecule has 17 heavy (non-hydrogen) atoms. The molecule has 1 aromatic carbocycles. The van der Waals surface area contributed by atoms with E-state index >= 15 is 0 Å². The number of esters is 1. The second-order valence-corrected chi connectivity index (χ2v) is 3.95. The number of ether oxygens (including phenoxy) is 2. The highest BCUT2D eigenvalue weighted by molar-refractivity contribution is 5.74. The van der Waals surface area contributed by atoms with Crippen molar-refractivity contribution in [1.29, 1.82) is 0 Å². The lowest BCUT2D eigenvalue weighted by Gasteiger charge is -2.18. The van der Waals surface area contributed by atoms with E-state index in [0.717, 1.165) is 28.0 Å². The highest BCUT2D eigenvalue weighted by atomic mass is 16.5. The number of rotatable bonds is 3. The minimum atomic E-state index is -0.323. The SMILES string of the molecule is C=Cc1c(C)c(OC(C)=O)c(C)c(C)c1OC. The van der Waals surface area contributed by atoms with Crippen LogP contribution in [0, 0.1) is 20.8 Å². The Bertz CT molecular complexity index is 473. The topological polar surface area (TPSA) is 35.5 Å². The van der Waals surface area contributed by atoms with Crippen LogP contribution in [0.2, 0.25) is 0 Å². The van der Waals surface area contributed by atoms with Crippen LogP contribution in [0.3, 0.4) is 0 Å². The summed E-state index contributed by atoms with van der Waals surface area (Å²) in [5.41, 5.74) is 3.62. The fourth-order valence-electron chi connectivity index (χ4n) is 1.92. The summed E-state index contributed by atoms with van der Waals surface area (Å²) in [5, 5.41) is 0. The molecule has 92 valence electrons. The largest absolute Gasteiger partial charge is 0.496 e. The van der Waals surface area contributed by atoms with Crippen LogP contribution in [0.1, 0.15) is 29.2 Å². The van der Waals surface area contributed by atoms with E-state index in [4.69, 9.17) is 9.47 Å². The van der Waals surface area contributed by atoms with Crippen LogP contribution >= 0.6 is 0 Å². The number of carbonyl (C=O) groups excluding carboxylic acids is 1. The number of hydrogen-bond donors (Lipinski definition) is 0. The fourth-order valence-corrected chi connectivity index (χ4v) is 1.92. The van der Waals surface area contributed by atoms with E-state index in [1.165, 1.54) is 6.92 Å². The molecular formula is C14H18O3. The molecule has 3 nitrogen and oxygen atoms in total. The number of hydrogen-bond acceptors (Lipinski definition) is 3. The van der Waals surface area contributed by atoms with Crippen LogP contribution in [0.4, 0.5) is 0 Å². The van der Waals surface area contributed by atoms with Crippen molar-refractivity contribution < 1.29 is 14.3 Å². The maximum Gasteiger partial charge on any atom is 0.308 e. The van der Waals surface area contributed by atoms with Gasteiger partial charge in [0.25, 0.3) is 0 Å². The molecule has 0 bridgehead atoms. The van der Waals surface area contributed by atoms with Gasteiger partial charge in [-0.1, -0.05) is 12.7 Å². The highest BCUT2D eigenvalue weighted by Gasteiger charge is 2.18. The summed E-state index contributed by atoms with van der Waals surface area (Å²) in [6.45, 7) is 10.9. The Morgan fingerprint density at radius 3 is 2.06 bits per heavy atom. The van der Waals surface area contributed by atoms with E-state index in [-0.39, 0.29) is 5.97 Å². The summed E-state index contributed by atoms with van der Waals surface area (Å²) in [7, 11) is 1.62. The van der Waals surface area contributed by atoms with E-state index < -0.39 is 0 Å². The summed E-state index contributed by atoms with van der Waals surface area (Å²) in [4.78, 5) is 11.1. The molecule has 0 aromatic heterocycles. The Morgan fingerprint density at radius 2 is 1.65 bits per heavy atom. The Morgan fingerprint density at radius 1 is 1.12 bits per heavy atom. The molecule has 0 radical (unpaired) electrons. The van der Waals surface area contributed by atoms with E-state index in [9.17, 15) is 4.79 Å². The van der Waals surface area contributed by atoms with Crippen molar-refractivity contribution in [3.8, 4) is 11.5 Å². The van der Waals surface area contributed by atoms with Crippen molar-refractivity contribution in [3.63, 3.8) is 0 Å². The van der Waals surface area contributed by atoms with Gasteiger partial charge in [-0.05, 0) is 31.9 Å². The second-order valence-electron chi connectivity index (χ2n) is 3.95. The standard InChI is InChI=1S/C14H18O3/c1-7-12-10(4)13(17-11(5)15)8(2)9(3)14(12)16-6/h7H,1H2,2-6H3. The van der Waals surface area contributed by atoms with Gasteiger partial charge in [0, 0.05) is 18.1 Å². The van der Waals surface area contributed by atoms with E-state index in [1.807, 2.05) is 20.8 Å². The lowest BCUT2D eigenvalue weighted by molar-refractivity contribution is -0.131. The third-order valence-electron chi connectivity index (χ3n) is 2.89.